The van der Waals surface area contributed by atoms with E-state index in [0.717, 1.165) is 12.0 Å². The molecule has 0 aliphatic carbocycles. The SMILES string of the molecule is CC1O[C@H](COC(=O)/C=C/c2ccccc2)C[C@@H]1C. The molecule has 1 saturated heterocycles. The minimum Gasteiger partial charge on any atom is -0.460 e. The minimum absolute atomic E-state index is 0.0408. The molecule has 0 bridgehead atoms. The van der Waals surface area contributed by atoms with Crippen LogP contribution >= 0.6 is 0 Å². The predicted octanol–water partition coefficient (Wildman–Crippen LogP) is 3.06. The van der Waals surface area contributed by atoms with Crippen molar-refractivity contribution in [2.24, 2.45) is 5.92 Å². The average molecular weight is 260 g/mol. The van der Waals surface area contributed by atoms with Crippen LogP contribution in [0.15, 0.2) is 36.4 Å². The van der Waals surface area contributed by atoms with Crippen molar-refractivity contribution in [1.29, 1.82) is 0 Å². The van der Waals surface area contributed by atoms with Gasteiger partial charge in [-0.1, -0.05) is 37.3 Å². The summed E-state index contributed by atoms with van der Waals surface area (Å²) in [4.78, 5) is 11.6. The zero-order valence-corrected chi connectivity index (χ0v) is 11.4. The summed E-state index contributed by atoms with van der Waals surface area (Å²) in [5, 5.41) is 0. The van der Waals surface area contributed by atoms with E-state index in [1.807, 2.05) is 30.3 Å². The number of carbonyl (C=O) groups excluding carboxylic acids is 1. The van der Waals surface area contributed by atoms with Gasteiger partial charge < -0.3 is 9.47 Å². The molecule has 3 heteroatoms. The van der Waals surface area contributed by atoms with Crippen LogP contribution in [-0.4, -0.2) is 24.8 Å². The highest BCUT2D eigenvalue weighted by molar-refractivity contribution is 5.87. The van der Waals surface area contributed by atoms with Crippen molar-refractivity contribution in [2.45, 2.75) is 32.5 Å². The Labute approximate surface area is 114 Å². The van der Waals surface area contributed by atoms with Gasteiger partial charge >= 0.3 is 5.97 Å². The van der Waals surface area contributed by atoms with Gasteiger partial charge in [0, 0.05) is 6.08 Å². The van der Waals surface area contributed by atoms with Crippen molar-refractivity contribution in [3.05, 3.63) is 42.0 Å². The van der Waals surface area contributed by atoms with Crippen LogP contribution in [-0.2, 0) is 14.3 Å². The maximum Gasteiger partial charge on any atom is 0.330 e. The molecule has 1 unspecified atom stereocenters. The lowest BCUT2D eigenvalue weighted by Gasteiger charge is -2.10. The lowest BCUT2D eigenvalue weighted by molar-refractivity contribution is -0.141. The van der Waals surface area contributed by atoms with Gasteiger partial charge in [0.1, 0.15) is 6.61 Å². The highest BCUT2D eigenvalue weighted by Gasteiger charge is 2.29. The van der Waals surface area contributed by atoms with Gasteiger partial charge in [0.05, 0.1) is 12.2 Å². The topological polar surface area (TPSA) is 35.5 Å². The summed E-state index contributed by atoms with van der Waals surface area (Å²) >= 11 is 0. The summed E-state index contributed by atoms with van der Waals surface area (Å²) in [6, 6.07) is 9.68. The van der Waals surface area contributed by atoms with E-state index < -0.39 is 0 Å². The van der Waals surface area contributed by atoms with Gasteiger partial charge in [-0.05, 0) is 30.9 Å². The summed E-state index contributed by atoms with van der Waals surface area (Å²) in [6.07, 6.45) is 4.46. The molecule has 1 aliphatic heterocycles. The third kappa shape index (κ3) is 4.21. The van der Waals surface area contributed by atoms with Crippen molar-refractivity contribution < 1.29 is 14.3 Å². The van der Waals surface area contributed by atoms with E-state index in [0.29, 0.717) is 12.5 Å². The van der Waals surface area contributed by atoms with Gasteiger partial charge in [-0.15, -0.1) is 0 Å². The molecule has 0 radical (unpaired) electrons. The zero-order valence-electron chi connectivity index (χ0n) is 11.4. The monoisotopic (exact) mass is 260 g/mol. The molecule has 3 nitrogen and oxygen atoms in total. The van der Waals surface area contributed by atoms with Crippen LogP contribution < -0.4 is 0 Å². The molecule has 102 valence electrons. The van der Waals surface area contributed by atoms with E-state index in [1.54, 1.807) is 6.08 Å². The van der Waals surface area contributed by atoms with Gasteiger partial charge in [-0.3, -0.25) is 0 Å². The second-order valence-corrected chi connectivity index (χ2v) is 5.05. The largest absolute Gasteiger partial charge is 0.460 e. The molecule has 3 atom stereocenters. The fraction of sp³-hybridized carbons (Fsp3) is 0.438. The van der Waals surface area contributed by atoms with Crippen LogP contribution in [0, 0.1) is 5.92 Å². The highest BCUT2D eigenvalue weighted by Crippen LogP contribution is 2.25. The molecule has 0 aromatic heterocycles. The Morgan fingerprint density at radius 3 is 2.74 bits per heavy atom. The Balaban J connectivity index is 1.75. The van der Waals surface area contributed by atoms with E-state index in [2.05, 4.69) is 13.8 Å². The zero-order chi connectivity index (χ0) is 13.7. The Morgan fingerprint density at radius 1 is 1.37 bits per heavy atom. The van der Waals surface area contributed by atoms with E-state index in [9.17, 15) is 4.79 Å². The van der Waals surface area contributed by atoms with Crippen molar-refractivity contribution in [3.8, 4) is 0 Å². The van der Waals surface area contributed by atoms with Crippen LogP contribution in [0.25, 0.3) is 6.08 Å². The molecular weight excluding hydrogens is 240 g/mol. The highest BCUT2D eigenvalue weighted by atomic mass is 16.6. The summed E-state index contributed by atoms with van der Waals surface area (Å²) in [6.45, 7) is 4.55. The summed E-state index contributed by atoms with van der Waals surface area (Å²) < 4.78 is 10.9. The number of benzene rings is 1. The molecule has 19 heavy (non-hydrogen) atoms. The fourth-order valence-electron chi connectivity index (χ4n) is 2.16. The Kier molecular flexibility index (Phi) is 4.74. The first-order chi connectivity index (χ1) is 9.15. The lowest BCUT2D eigenvalue weighted by atomic mass is 10.0. The van der Waals surface area contributed by atoms with E-state index >= 15 is 0 Å². The Morgan fingerprint density at radius 2 is 2.11 bits per heavy atom. The lowest BCUT2D eigenvalue weighted by Crippen LogP contribution is -2.17. The summed E-state index contributed by atoms with van der Waals surface area (Å²) in [7, 11) is 0. The van der Waals surface area contributed by atoms with Crippen molar-refractivity contribution in [1.82, 2.24) is 0 Å². The minimum atomic E-state index is -0.320. The Bertz CT molecular complexity index is 429. The maximum absolute atomic E-state index is 11.6. The molecule has 1 aliphatic rings. The first-order valence-electron chi connectivity index (χ1n) is 6.70. The number of hydrogen-bond acceptors (Lipinski definition) is 3. The van der Waals surface area contributed by atoms with Crippen LogP contribution in [0.1, 0.15) is 25.8 Å². The smallest absolute Gasteiger partial charge is 0.330 e. The second-order valence-electron chi connectivity index (χ2n) is 5.05. The molecule has 0 N–H and O–H groups in total. The predicted molar refractivity (Wildman–Crippen MR) is 74.6 cm³/mol. The van der Waals surface area contributed by atoms with E-state index in [-0.39, 0.29) is 18.2 Å². The molecule has 2 rings (SSSR count). The standard InChI is InChI=1S/C16H20O3/c1-12-10-15(19-13(12)2)11-18-16(17)9-8-14-6-4-3-5-7-14/h3-9,12-13,15H,10-11H2,1-2H3/b9-8+/t12-,13?,15-/m0/s1. The normalized spacial score (nSPS) is 26.7. The summed E-state index contributed by atoms with van der Waals surface area (Å²) in [5.41, 5.74) is 0.985. The quantitative estimate of drug-likeness (QED) is 0.616. The van der Waals surface area contributed by atoms with Crippen LogP contribution in [0.5, 0.6) is 0 Å². The van der Waals surface area contributed by atoms with Gasteiger partial charge in [0.15, 0.2) is 0 Å². The molecule has 1 fully saturated rings. The molecule has 0 saturated carbocycles. The average Bonchev–Trinajstić information content (AvgIpc) is 2.74. The Hall–Kier alpha value is -1.61. The molecule has 0 amide bonds. The number of rotatable bonds is 4. The maximum atomic E-state index is 11.6. The van der Waals surface area contributed by atoms with Crippen molar-refractivity contribution in [2.75, 3.05) is 6.61 Å². The van der Waals surface area contributed by atoms with Crippen molar-refractivity contribution >= 4 is 12.0 Å². The van der Waals surface area contributed by atoms with Gasteiger partial charge in [0.2, 0.25) is 0 Å². The number of carbonyl (C=O) groups is 1. The van der Waals surface area contributed by atoms with Gasteiger partial charge in [-0.25, -0.2) is 4.79 Å². The molecule has 1 aromatic rings. The van der Waals surface area contributed by atoms with E-state index in [4.69, 9.17) is 9.47 Å². The third-order valence-electron chi connectivity index (χ3n) is 3.47. The first-order valence-corrected chi connectivity index (χ1v) is 6.70. The van der Waals surface area contributed by atoms with Crippen LogP contribution in [0.4, 0.5) is 0 Å². The van der Waals surface area contributed by atoms with E-state index in [1.165, 1.54) is 6.08 Å². The first kappa shape index (κ1) is 13.8. The number of ether oxygens (including phenoxy) is 2. The molecule has 0 spiro atoms. The molecule has 1 aromatic carbocycles. The van der Waals surface area contributed by atoms with Crippen LogP contribution in [0.2, 0.25) is 0 Å². The molecular formula is C16H20O3. The molecule has 1 heterocycles. The summed E-state index contributed by atoms with van der Waals surface area (Å²) in [5.74, 6) is 0.211. The van der Waals surface area contributed by atoms with Gasteiger partial charge in [-0.2, -0.15) is 0 Å². The fourth-order valence-corrected chi connectivity index (χ4v) is 2.16. The second kappa shape index (κ2) is 6.53. The number of esters is 1. The van der Waals surface area contributed by atoms with Crippen molar-refractivity contribution in [3.63, 3.8) is 0 Å². The van der Waals surface area contributed by atoms with Crippen LogP contribution in [0.3, 0.4) is 0 Å². The third-order valence-corrected chi connectivity index (χ3v) is 3.47. The van der Waals surface area contributed by atoms with Gasteiger partial charge in [0.25, 0.3) is 0 Å². The number of hydrogen-bond donors (Lipinski definition) is 0.